The molecule has 5 heteroatoms. The Morgan fingerprint density at radius 1 is 1.50 bits per heavy atom. The minimum Gasteiger partial charge on any atom is -0.300 e. The molecular formula is C9H10N4O. The first-order chi connectivity index (χ1) is 6.70. The lowest BCUT2D eigenvalue weighted by Gasteiger charge is -1.93. The lowest BCUT2D eigenvalue weighted by Crippen LogP contribution is -2.13. The second kappa shape index (κ2) is 3.10. The molecule has 1 N–H and O–H groups in total. The van der Waals surface area contributed by atoms with Crippen molar-refractivity contribution in [1.82, 2.24) is 20.0 Å². The molecule has 0 saturated heterocycles. The average molecular weight is 190 g/mol. The summed E-state index contributed by atoms with van der Waals surface area (Å²) in [5, 5.41) is 10.6. The van der Waals surface area contributed by atoms with Gasteiger partial charge in [-0.15, -0.1) is 0 Å². The topological polar surface area (TPSA) is 63.6 Å². The number of rotatable bonds is 1. The summed E-state index contributed by atoms with van der Waals surface area (Å²) in [6, 6.07) is 3.53. The van der Waals surface area contributed by atoms with Crippen molar-refractivity contribution >= 4 is 0 Å². The van der Waals surface area contributed by atoms with Gasteiger partial charge in [0.25, 0.3) is 5.56 Å². The normalized spacial score (nSPS) is 10.4. The molecule has 0 spiro atoms. The van der Waals surface area contributed by atoms with Gasteiger partial charge in [0.05, 0.1) is 5.56 Å². The second-order valence-electron chi connectivity index (χ2n) is 3.08. The highest BCUT2D eigenvalue weighted by molar-refractivity contribution is 5.59. The number of nitrogens with one attached hydrogen (secondary N) is 1. The van der Waals surface area contributed by atoms with Crippen LogP contribution in [-0.4, -0.2) is 20.0 Å². The molecule has 72 valence electrons. The Morgan fingerprint density at radius 3 is 2.79 bits per heavy atom. The summed E-state index contributed by atoms with van der Waals surface area (Å²) < 4.78 is 1.43. The average Bonchev–Trinajstić information content (AvgIpc) is 2.43. The van der Waals surface area contributed by atoms with Crippen LogP contribution in [0.5, 0.6) is 0 Å². The van der Waals surface area contributed by atoms with E-state index in [4.69, 9.17) is 0 Å². The smallest absolute Gasteiger partial charge is 0.276 e. The highest BCUT2D eigenvalue weighted by Gasteiger charge is 2.11. The summed E-state index contributed by atoms with van der Waals surface area (Å²) in [5.74, 6) is 0. The Balaban J connectivity index is 2.69. The minimum atomic E-state index is -0.0806. The summed E-state index contributed by atoms with van der Waals surface area (Å²) in [6.45, 7) is 1.84. The summed E-state index contributed by atoms with van der Waals surface area (Å²) in [5.41, 5.74) is 1.91. The molecule has 0 bridgehead atoms. The third-order valence-electron chi connectivity index (χ3n) is 2.06. The van der Waals surface area contributed by atoms with E-state index in [-0.39, 0.29) is 5.56 Å². The Hall–Kier alpha value is -1.91. The summed E-state index contributed by atoms with van der Waals surface area (Å²) >= 11 is 0. The van der Waals surface area contributed by atoms with Crippen molar-refractivity contribution in [3.05, 3.63) is 34.4 Å². The van der Waals surface area contributed by atoms with Gasteiger partial charge in [-0.05, 0) is 19.1 Å². The number of aryl methyl sites for hydroxylation is 2. The number of hydrogen-bond donors (Lipinski definition) is 1. The van der Waals surface area contributed by atoms with Gasteiger partial charge in [-0.1, -0.05) is 0 Å². The van der Waals surface area contributed by atoms with Crippen LogP contribution >= 0.6 is 0 Å². The molecule has 5 nitrogen and oxygen atoms in total. The Kier molecular flexibility index (Phi) is 1.92. The highest BCUT2D eigenvalue weighted by atomic mass is 16.1. The molecule has 14 heavy (non-hydrogen) atoms. The monoisotopic (exact) mass is 190 g/mol. The zero-order valence-corrected chi connectivity index (χ0v) is 7.98. The van der Waals surface area contributed by atoms with E-state index in [1.54, 1.807) is 25.4 Å². The SMILES string of the molecule is Cc1[nH]n(C)c(=O)c1-c1cccnn1. The Labute approximate surface area is 80.4 Å². The van der Waals surface area contributed by atoms with Crippen molar-refractivity contribution in [2.24, 2.45) is 7.05 Å². The van der Waals surface area contributed by atoms with Crippen molar-refractivity contribution in [2.45, 2.75) is 6.92 Å². The number of aromatic amines is 1. The van der Waals surface area contributed by atoms with E-state index in [1.807, 2.05) is 6.92 Å². The van der Waals surface area contributed by atoms with E-state index in [0.717, 1.165) is 5.69 Å². The zero-order chi connectivity index (χ0) is 10.1. The van der Waals surface area contributed by atoms with Gasteiger partial charge in [-0.2, -0.15) is 10.2 Å². The van der Waals surface area contributed by atoms with Crippen LogP contribution in [0.3, 0.4) is 0 Å². The predicted molar refractivity (Wildman–Crippen MR) is 51.8 cm³/mol. The van der Waals surface area contributed by atoms with E-state index in [9.17, 15) is 4.79 Å². The van der Waals surface area contributed by atoms with Crippen molar-refractivity contribution in [3.63, 3.8) is 0 Å². The predicted octanol–water partition coefficient (Wildman–Crippen LogP) is 0.479. The highest BCUT2D eigenvalue weighted by Crippen LogP contribution is 2.13. The maximum Gasteiger partial charge on any atom is 0.276 e. The standard InChI is InChI=1S/C9H10N4O/c1-6-8(9(14)13(2)12-6)7-4-3-5-10-11-7/h3-5,12H,1-2H3. The van der Waals surface area contributed by atoms with Gasteiger partial charge in [0.1, 0.15) is 5.69 Å². The summed E-state index contributed by atoms with van der Waals surface area (Å²) in [7, 11) is 1.68. The van der Waals surface area contributed by atoms with Gasteiger partial charge in [0, 0.05) is 18.9 Å². The first-order valence-electron chi connectivity index (χ1n) is 4.24. The molecule has 2 rings (SSSR count). The lowest BCUT2D eigenvalue weighted by molar-refractivity contribution is 0.731. The molecule has 0 aliphatic heterocycles. The van der Waals surface area contributed by atoms with E-state index in [0.29, 0.717) is 11.3 Å². The van der Waals surface area contributed by atoms with Crippen LogP contribution in [0.2, 0.25) is 0 Å². The molecule has 0 fully saturated rings. The van der Waals surface area contributed by atoms with Crippen LogP contribution in [0.1, 0.15) is 5.69 Å². The van der Waals surface area contributed by atoms with Crippen LogP contribution < -0.4 is 5.56 Å². The van der Waals surface area contributed by atoms with Gasteiger partial charge >= 0.3 is 0 Å². The van der Waals surface area contributed by atoms with Gasteiger partial charge in [0.15, 0.2) is 0 Å². The fraction of sp³-hybridized carbons (Fsp3) is 0.222. The summed E-state index contributed by atoms with van der Waals surface area (Å²) in [4.78, 5) is 11.7. The van der Waals surface area contributed by atoms with Crippen LogP contribution in [0.15, 0.2) is 23.1 Å². The molecule has 0 amide bonds. The number of nitrogens with zero attached hydrogens (tertiary/aromatic N) is 3. The Morgan fingerprint density at radius 2 is 2.29 bits per heavy atom. The van der Waals surface area contributed by atoms with E-state index < -0.39 is 0 Å². The maximum absolute atomic E-state index is 11.7. The van der Waals surface area contributed by atoms with Crippen LogP contribution in [0, 0.1) is 6.92 Å². The van der Waals surface area contributed by atoms with Gasteiger partial charge in [-0.25, -0.2) is 0 Å². The molecule has 2 heterocycles. The molecule has 0 saturated carbocycles. The fourth-order valence-electron chi connectivity index (χ4n) is 1.42. The van der Waals surface area contributed by atoms with Crippen LogP contribution in [0.25, 0.3) is 11.3 Å². The van der Waals surface area contributed by atoms with Gasteiger partial charge < -0.3 is 0 Å². The molecule has 0 aliphatic rings. The van der Waals surface area contributed by atoms with Crippen molar-refractivity contribution in [2.75, 3.05) is 0 Å². The lowest BCUT2D eigenvalue weighted by atomic mass is 10.2. The Bertz CT molecular complexity index is 497. The molecule has 0 aromatic carbocycles. The molecule has 2 aromatic heterocycles. The number of hydrogen-bond acceptors (Lipinski definition) is 3. The van der Waals surface area contributed by atoms with Crippen LogP contribution in [-0.2, 0) is 7.05 Å². The van der Waals surface area contributed by atoms with Gasteiger partial charge in [-0.3, -0.25) is 14.6 Å². The molecule has 0 aliphatic carbocycles. The number of H-pyrrole nitrogens is 1. The largest absolute Gasteiger partial charge is 0.300 e. The zero-order valence-electron chi connectivity index (χ0n) is 7.98. The summed E-state index contributed by atoms with van der Waals surface area (Å²) in [6.07, 6.45) is 1.58. The van der Waals surface area contributed by atoms with E-state index in [2.05, 4.69) is 15.3 Å². The van der Waals surface area contributed by atoms with E-state index >= 15 is 0 Å². The molecule has 0 unspecified atom stereocenters. The fourth-order valence-corrected chi connectivity index (χ4v) is 1.42. The quantitative estimate of drug-likeness (QED) is 0.711. The van der Waals surface area contributed by atoms with Crippen LogP contribution in [0.4, 0.5) is 0 Å². The molecule has 2 aromatic rings. The van der Waals surface area contributed by atoms with Crippen molar-refractivity contribution < 1.29 is 0 Å². The van der Waals surface area contributed by atoms with Gasteiger partial charge in [0.2, 0.25) is 0 Å². The molecule has 0 atom stereocenters. The minimum absolute atomic E-state index is 0.0806. The maximum atomic E-state index is 11.7. The second-order valence-corrected chi connectivity index (χ2v) is 3.08. The van der Waals surface area contributed by atoms with E-state index in [1.165, 1.54) is 4.68 Å². The number of aromatic nitrogens is 4. The third-order valence-corrected chi connectivity index (χ3v) is 2.06. The third kappa shape index (κ3) is 1.22. The van der Waals surface area contributed by atoms with Crippen molar-refractivity contribution in [1.29, 1.82) is 0 Å². The first kappa shape index (κ1) is 8.68. The molecular weight excluding hydrogens is 180 g/mol. The van der Waals surface area contributed by atoms with Crippen molar-refractivity contribution in [3.8, 4) is 11.3 Å². The first-order valence-corrected chi connectivity index (χ1v) is 4.24. The molecule has 0 radical (unpaired) electrons.